The molecule has 0 heterocycles. The lowest BCUT2D eigenvalue weighted by molar-refractivity contribution is -0.134. The van der Waals surface area contributed by atoms with Gasteiger partial charge in [-0.1, -0.05) is 6.92 Å². The maximum Gasteiger partial charge on any atom is 0.300 e. The first-order chi connectivity index (χ1) is 6.42. The summed E-state index contributed by atoms with van der Waals surface area (Å²) in [6.07, 6.45) is 0.667. The van der Waals surface area contributed by atoms with Gasteiger partial charge in [0.05, 0.1) is 6.61 Å². The predicted octanol–water partition coefficient (Wildman–Crippen LogP) is 0.431. The van der Waals surface area contributed by atoms with Crippen molar-refractivity contribution in [2.24, 2.45) is 0 Å². The highest BCUT2D eigenvalue weighted by atomic mass is 16.5. The van der Waals surface area contributed by atoms with Crippen LogP contribution in [0.4, 0.5) is 0 Å². The topological polar surface area (TPSA) is 112 Å². The van der Waals surface area contributed by atoms with Crippen LogP contribution >= 0.6 is 0 Å². The number of ether oxygens (including phenoxy) is 1. The zero-order valence-corrected chi connectivity index (χ0v) is 9.57. The maximum atomic E-state index is 9.81. The standard InChI is InChI=1S/C4H8O.C3H6O2.C2H4O2.H2O/c1-3-4(2)5;1-2-5-3-4;1-2(3)4;/h3H2,1-2H3;3H,2H2,1H3;1H3,(H,3,4);1H2. The number of hydrogen-bond acceptors (Lipinski definition) is 4. The summed E-state index contributed by atoms with van der Waals surface area (Å²) < 4.78 is 4.15. The van der Waals surface area contributed by atoms with E-state index in [-0.39, 0.29) is 11.3 Å². The van der Waals surface area contributed by atoms with Gasteiger partial charge in [-0.3, -0.25) is 9.59 Å². The molecule has 15 heavy (non-hydrogen) atoms. The minimum Gasteiger partial charge on any atom is -0.481 e. The molecule has 0 aliphatic rings. The van der Waals surface area contributed by atoms with Crippen molar-refractivity contribution in [2.45, 2.75) is 34.1 Å². The summed E-state index contributed by atoms with van der Waals surface area (Å²) in [4.78, 5) is 28.0. The third kappa shape index (κ3) is 213. The van der Waals surface area contributed by atoms with Crippen LogP contribution in [0, 0.1) is 0 Å². The molecule has 6 heteroatoms. The molecule has 0 saturated heterocycles. The summed E-state index contributed by atoms with van der Waals surface area (Å²) in [5.74, 6) is -0.579. The third-order valence-electron chi connectivity index (χ3n) is 0.733. The summed E-state index contributed by atoms with van der Waals surface area (Å²) in [7, 11) is 0. The van der Waals surface area contributed by atoms with Crippen LogP contribution in [0.5, 0.6) is 0 Å². The predicted molar refractivity (Wildman–Crippen MR) is 55.6 cm³/mol. The molecule has 0 aliphatic heterocycles. The van der Waals surface area contributed by atoms with Gasteiger partial charge in [0.2, 0.25) is 0 Å². The lowest BCUT2D eigenvalue weighted by Gasteiger charge is -1.79. The molecule has 0 aromatic rings. The SMILES string of the molecule is CC(=O)O.CCC(C)=O.CCOC=O.O. The number of rotatable bonds is 3. The number of hydrogen-bond donors (Lipinski definition) is 1. The fraction of sp³-hybridized carbons (Fsp3) is 0.667. The van der Waals surface area contributed by atoms with Crippen LogP contribution in [0.3, 0.4) is 0 Å². The lowest BCUT2D eigenvalue weighted by atomic mass is 10.4. The molecule has 0 amide bonds. The van der Waals surface area contributed by atoms with Crippen molar-refractivity contribution in [1.29, 1.82) is 0 Å². The first-order valence-electron chi connectivity index (χ1n) is 4.16. The van der Waals surface area contributed by atoms with Gasteiger partial charge in [0, 0.05) is 13.3 Å². The zero-order valence-electron chi connectivity index (χ0n) is 9.57. The summed E-state index contributed by atoms with van der Waals surface area (Å²) >= 11 is 0. The average molecular weight is 224 g/mol. The van der Waals surface area contributed by atoms with E-state index in [9.17, 15) is 9.59 Å². The highest BCUT2D eigenvalue weighted by Crippen LogP contribution is 1.71. The Morgan fingerprint density at radius 1 is 1.27 bits per heavy atom. The molecule has 0 atom stereocenters. The first-order valence-corrected chi connectivity index (χ1v) is 4.16. The van der Waals surface area contributed by atoms with Crippen molar-refractivity contribution < 1.29 is 29.7 Å². The third-order valence-corrected chi connectivity index (χ3v) is 0.733. The summed E-state index contributed by atoms with van der Waals surface area (Å²) in [5.41, 5.74) is 0. The van der Waals surface area contributed by atoms with Gasteiger partial charge in [-0.15, -0.1) is 0 Å². The van der Waals surface area contributed by atoms with Crippen LogP contribution in [-0.2, 0) is 19.1 Å². The average Bonchev–Trinajstić information content (AvgIpc) is 2.06. The van der Waals surface area contributed by atoms with E-state index in [1.54, 1.807) is 13.8 Å². The minimum atomic E-state index is -0.833. The minimum absolute atomic E-state index is 0. The van der Waals surface area contributed by atoms with Crippen molar-refractivity contribution in [2.75, 3.05) is 6.61 Å². The molecule has 0 saturated carbocycles. The van der Waals surface area contributed by atoms with E-state index in [1.807, 2.05) is 6.92 Å². The van der Waals surface area contributed by atoms with Gasteiger partial charge in [-0.2, -0.15) is 0 Å². The van der Waals surface area contributed by atoms with Crippen molar-refractivity contribution in [3.63, 3.8) is 0 Å². The molecule has 92 valence electrons. The molecule has 0 aromatic carbocycles. The molecule has 0 bridgehead atoms. The largest absolute Gasteiger partial charge is 0.481 e. The monoisotopic (exact) mass is 224 g/mol. The molecule has 0 spiro atoms. The number of carbonyl (C=O) groups excluding carboxylic acids is 2. The molecule has 0 unspecified atom stereocenters. The quantitative estimate of drug-likeness (QED) is 0.698. The van der Waals surface area contributed by atoms with Crippen LogP contribution in [0.25, 0.3) is 0 Å². The molecule has 0 rings (SSSR count). The van der Waals surface area contributed by atoms with Gasteiger partial charge in [0.15, 0.2) is 0 Å². The Labute approximate surface area is 89.5 Å². The Balaban J connectivity index is -0.0000000590. The number of carboxylic acid groups (broad SMARTS) is 1. The van der Waals surface area contributed by atoms with Crippen LogP contribution in [0.2, 0.25) is 0 Å². The number of carbonyl (C=O) groups is 3. The number of Topliss-reactive ketones (excluding diaryl/α,β-unsaturated/α-hetero) is 1. The van der Waals surface area contributed by atoms with Gasteiger partial charge in [-0.05, 0) is 13.8 Å². The van der Waals surface area contributed by atoms with E-state index in [4.69, 9.17) is 9.90 Å². The van der Waals surface area contributed by atoms with E-state index in [2.05, 4.69) is 4.74 Å². The van der Waals surface area contributed by atoms with Gasteiger partial charge in [-0.25, -0.2) is 0 Å². The highest BCUT2D eigenvalue weighted by molar-refractivity contribution is 5.74. The molecular weight excluding hydrogens is 204 g/mol. The van der Waals surface area contributed by atoms with Crippen LogP contribution in [0.15, 0.2) is 0 Å². The Morgan fingerprint density at radius 2 is 1.53 bits per heavy atom. The Kier molecular flexibility index (Phi) is 35.8. The fourth-order valence-corrected chi connectivity index (χ4v) is 0.0680. The molecule has 0 aliphatic carbocycles. The molecular formula is C9H20O6. The van der Waals surface area contributed by atoms with Crippen molar-refractivity contribution in [3.8, 4) is 0 Å². The van der Waals surface area contributed by atoms with E-state index >= 15 is 0 Å². The second kappa shape index (κ2) is 22.9. The Morgan fingerprint density at radius 3 is 1.53 bits per heavy atom. The fourth-order valence-electron chi connectivity index (χ4n) is 0.0680. The van der Waals surface area contributed by atoms with Crippen LogP contribution in [0.1, 0.15) is 34.1 Å². The summed E-state index contributed by atoms with van der Waals surface area (Å²) in [5, 5.41) is 7.42. The number of aliphatic carboxylic acids is 1. The summed E-state index contributed by atoms with van der Waals surface area (Å²) in [6, 6.07) is 0. The van der Waals surface area contributed by atoms with E-state index in [0.717, 1.165) is 6.92 Å². The highest BCUT2D eigenvalue weighted by Gasteiger charge is 1.76. The van der Waals surface area contributed by atoms with Crippen molar-refractivity contribution in [3.05, 3.63) is 0 Å². The zero-order chi connectivity index (χ0) is 12.0. The van der Waals surface area contributed by atoms with E-state index in [1.165, 1.54) is 0 Å². The molecule has 0 fully saturated rings. The second-order valence-electron chi connectivity index (χ2n) is 2.13. The normalized spacial score (nSPS) is 6.40. The Bertz CT molecular complexity index is 151. The lowest BCUT2D eigenvalue weighted by Crippen LogP contribution is -1.80. The first kappa shape index (κ1) is 23.4. The molecule has 0 radical (unpaired) electrons. The van der Waals surface area contributed by atoms with Gasteiger partial charge < -0.3 is 20.1 Å². The molecule has 3 N–H and O–H groups in total. The van der Waals surface area contributed by atoms with E-state index < -0.39 is 5.97 Å². The Hall–Kier alpha value is -1.43. The molecule has 6 nitrogen and oxygen atoms in total. The smallest absolute Gasteiger partial charge is 0.300 e. The number of carboxylic acids is 1. The summed E-state index contributed by atoms with van der Waals surface area (Å²) in [6.45, 7) is 7.18. The number of ketones is 1. The van der Waals surface area contributed by atoms with Crippen LogP contribution in [-0.4, -0.2) is 35.4 Å². The second-order valence-corrected chi connectivity index (χ2v) is 2.13. The van der Waals surface area contributed by atoms with Gasteiger partial charge in [0.1, 0.15) is 5.78 Å². The van der Waals surface area contributed by atoms with E-state index in [0.29, 0.717) is 19.5 Å². The molecule has 0 aromatic heterocycles. The van der Waals surface area contributed by atoms with Crippen molar-refractivity contribution in [1.82, 2.24) is 0 Å². The van der Waals surface area contributed by atoms with Crippen molar-refractivity contribution >= 4 is 18.2 Å². The maximum absolute atomic E-state index is 9.81. The van der Waals surface area contributed by atoms with Gasteiger partial charge >= 0.3 is 0 Å². The van der Waals surface area contributed by atoms with Gasteiger partial charge in [0.25, 0.3) is 12.4 Å². The van der Waals surface area contributed by atoms with Crippen LogP contribution < -0.4 is 0 Å².